The molecule has 3 saturated heterocycles. The number of nitriles is 1. The largest absolute Gasteiger partial charge is 0.444 e. The second kappa shape index (κ2) is 4.10. The summed E-state index contributed by atoms with van der Waals surface area (Å²) in [5, 5.41) is 9.39. The molecule has 1 amide bonds. The molecule has 0 aromatic carbocycles. The number of rotatable bonds is 1. The van der Waals surface area contributed by atoms with Crippen LogP contribution in [-0.4, -0.2) is 52.5 Å². The molecule has 3 aliphatic rings. The fourth-order valence-electron chi connectivity index (χ4n) is 3.36. The molecule has 0 radical (unpaired) electrons. The third-order valence-electron chi connectivity index (χ3n) is 4.00. The number of nitrogens with zero attached hydrogens (tertiary/aromatic N) is 2. The van der Waals surface area contributed by atoms with Crippen molar-refractivity contribution in [3.63, 3.8) is 0 Å². The summed E-state index contributed by atoms with van der Waals surface area (Å²) in [5.74, 6) is -0.520. The van der Waals surface area contributed by atoms with Crippen LogP contribution in [0.3, 0.4) is 0 Å². The van der Waals surface area contributed by atoms with Gasteiger partial charge in [-0.25, -0.2) is 4.79 Å². The lowest BCUT2D eigenvalue weighted by Crippen LogP contribution is -2.46. The van der Waals surface area contributed by atoms with E-state index in [1.54, 1.807) is 25.7 Å². The van der Waals surface area contributed by atoms with Crippen molar-refractivity contribution in [2.45, 2.75) is 69.6 Å². The Bertz CT molecular complexity index is 549. The molecule has 21 heavy (non-hydrogen) atoms. The predicted octanol–water partition coefficient (Wildman–Crippen LogP) is 0.971. The topological polar surface area (TPSA) is 88.6 Å². The zero-order chi connectivity index (χ0) is 15.6. The molecule has 3 rings (SSSR count). The Morgan fingerprint density at radius 3 is 2.57 bits per heavy atom. The van der Waals surface area contributed by atoms with Crippen molar-refractivity contribution in [2.75, 3.05) is 0 Å². The Hall–Kier alpha value is -1.81. The molecule has 3 heterocycles. The zero-order valence-corrected chi connectivity index (χ0v) is 12.5. The van der Waals surface area contributed by atoms with Gasteiger partial charge in [0.05, 0.1) is 18.2 Å². The molecule has 0 aromatic rings. The minimum absolute atomic E-state index is 0.0677. The van der Waals surface area contributed by atoms with Gasteiger partial charge in [-0.05, 0) is 20.8 Å². The molecule has 114 valence electrons. The summed E-state index contributed by atoms with van der Waals surface area (Å²) in [6.45, 7) is 6.66. The number of likely N-dealkylation sites (tertiary alicyclic amines) is 1. The quantitative estimate of drug-likeness (QED) is 0.529. The number of carbonyl (C=O) groups excluding carboxylic acids is 2. The standard InChI is InChI=1S/C14H18N2O5/c1-7(17)20-14(6-15)5-8-9-10(11(14)19-8)16(9)12(18)21-13(2,3)4/h8-11H,5H2,1-4H3/t8-,9-,10-,11-,14+,16?/m0/s1. The summed E-state index contributed by atoms with van der Waals surface area (Å²) in [5.41, 5.74) is -1.86. The Labute approximate surface area is 122 Å². The number of esters is 1. The fraction of sp³-hybridized carbons (Fsp3) is 0.786. The highest BCUT2D eigenvalue weighted by Gasteiger charge is 2.77. The molecule has 2 bridgehead atoms. The van der Waals surface area contributed by atoms with Crippen molar-refractivity contribution in [1.82, 2.24) is 4.90 Å². The highest BCUT2D eigenvalue weighted by Crippen LogP contribution is 2.56. The summed E-state index contributed by atoms with van der Waals surface area (Å²) in [6.07, 6.45) is -0.971. The maximum absolute atomic E-state index is 12.1. The monoisotopic (exact) mass is 294 g/mol. The van der Waals surface area contributed by atoms with E-state index >= 15 is 0 Å². The molecule has 7 heteroatoms. The first kappa shape index (κ1) is 14.1. The number of morpholine rings is 1. The van der Waals surface area contributed by atoms with Gasteiger partial charge < -0.3 is 14.2 Å². The SMILES string of the molecule is CC(=O)O[C@@]1(C#N)C[C@@H]2O[C@H]1[C@@H]1[C@H]2N1C(=O)OC(C)(C)C. The van der Waals surface area contributed by atoms with Crippen LogP contribution in [0.2, 0.25) is 0 Å². The summed E-state index contributed by atoms with van der Waals surface area (Å²) in [4.78, 5) is 25.0. The molecule has 0 aliphatic carbocycles. The van der Waals surface area contributed by atoms with E-state index < -0.39 is 29.4 Å². The normalized spacial score (nSPS) is 39.5. The van der Waals surface area contributed by atoms with Gasteiger partial charge in [-0.15, -0.1) is 0 Å². The van der Waals surface area contributed by atoms with Gasteiger partial charge in [0, 0.05) is 13.3 Å². The van der Waals surface area contributed by atoms with Crippen LogP contribution in [0.1, 0.15) is 34.1 Å². The minimum Gasteiger partial charge on any atom is -0.444 e. The summed E-state index contributed by atoms with van der Waals surface area (Å²) >= 11 is 0. The first-order valence-electron chi connectivity index (χ1n) is 6.96. The summed E-state index contributed by atoms with van der Waals surface area (Å²) in [7, 11) is 0. The van der Waals surface area contributed by atoms with Crippen LogP contribution in [0.15, 0.2) is 0 Å². The van der Waals surface area contributed by atoms with Gasteiger partial charge in [0.25, 0.3) is 0 Å². The first-order chi connectivity index (χ1) is 9.68. The molecule has 3 aliphatic heterocycles. The van der Waals surface area contributed by atoms with Crippen LogP contribution in [0.5, 0.6) is 0 Å². The molecule has 0 N–H and O–H groups in total. The first-order valence-corrected chi connectivity index (χ1v) is 6.96. The third-order valence-corrected chi connectivity index (χ3v) is 4.00. The van der Waals surface area contributed by atoms with Crippen molar-refractivity contribution in [3.05, 3.63) is 0 Å². The van der Waals surface area contributed by atoms with Gasteiger partial charge in [0.15, 0.2) is 0 Å². The van der Waals surface area contributed by atoms with E-state index in [4.69, 9.17) is 14.2 Å². The van der Waals surface area contributed by atoms with Gasteiger partial charge in [-0.1, -0.05) is 0 Å². The van der Waals surface area contributed by atoms with Gasteiger partial charge in [0.1, 0.15) is 17.8 Å². The van der Waals surface area contributed by atoms with Gasteiger partial charge in [-0.2, -0.15) is 5.26 Å². The van der Waals surface area contributed by atoms with Crippen LogP contribution in [0.25, 0.3) is 0 Å². The lowest BCUT2D eigenvalue weighted by Gasteiger charge is -2.26. The average molecular weight is 294 g/mol. The molecule has 0 unspecified atom stereocenters. The number of ether oxygens (including phenoxy) is 3. The maximum atomic E-state index is 12.1. The highest BCUT2D eigenvalue weighted by atomic mass is 16.6. The molecule has 7 nitrogen and oxygen atoms in total. The van der Waals surface area contributed by atoms with E-state index in [0.717, 1.165) is 0 Å². The van der Waals surface area contributed by atoms with E-state index in [1.807, 2.05) is 0 Å². The van der Waals surface area contributed by atoms with E-state index in [1.165, 1.54) is 6.92 Å². The highest BCUT2D eigenvalue weighted by molar-refractivity contribution is 5.74. The number of fused-ring (bicyclic) bond motifs is 5. The Morgan fingerprint density at radius 1 is 1.38 bits per heavy atom. The molecular formula is C14H18N2O5. The second-order valence-corrected chi connectivity index (χ2v) is 6.76. The van der Waals surface area contributed by atoms with Crippen LogP contribution in [-0.2, 0) is 19.0 Å². The smallest absolute Gasteiger partial charge is 0.411 e. The van der Waals surface area contributed by atoms with Gasteiger partial charge in [-0.3, -0.25) is 9.69 Å². The van der Waals surface area contributed by atoms with Gasteiger partial charge in [0.2, 0.25) is 5.60 Å². The summed E-state index contributed by atoms with van der Waals surface area (Å²) in [6, 6.07) is 1.75. The molecule has 0 spiro atoms. The fourth-order valence-corrected chi connectivity index (χ4v) is 3.36. The zero-order valence-electron chi connectivity index (χ0n) is 12.5. The number of carbonyl (C=O) groups is 2. The molecule has 0 saturated carbocycles. The Morgan fingerprint density at radius 2 is 2.05 bits per heavy atom. The van der Waals surface area contributed by atoms with E-state index in [9.17, 15) is 14.9 Å². The average Bonchev–Trinajstić information content (AvgIpc) is 2.85. The number of hydrogen-bond acceptors (Lipinski definition) is 6. The number of amides is 1. The van der Waals surface area contributed by atoms with Crippen molar-refractivity contribution < 1.29 is 23.8 Å². The van der Waals surface area contributed by atoms with Gasteiger partial charge >= 0.3 is 12.1 Å². The van der Waals surface area contributed by atoms with Crippen LogP contribution in [0.4, 0.5) is 4.79 Å². The maximum Gasteiger partial charge on any atom is 0.411 e. The third kappa shape index (κ3) is 2.05. The molecule has 5 atom stereocenters. The van der Waals surface area contributed by atoms with Crippen molar-refractivity contribution in [3.8, 4) is 6.07 Å². The van der Waals surface area contributed by atoms with Crippen LogP contribution < -0.4 is 0 Å². The minimum atomic E-state index is -1.28. The predicted molar refractivity (Wildman–Crippen MR) is 69.0 cm³/mol. The van der Waals surface area contributed by atoms with E-state index in [-0.39, 0.29) is 18.2 Å². The lowest BCUT2D eigenvalue weighted by atomic mass is 9.86. The Balaban J connectivity index is 1.75. The summed E-state index contributed by atoms with van der Waals surface area (Å²) < 4.78 is 16.3. The molecular weight excluding hydrogens is 276 g/mol. The molecule has 3 fully saturated rings. The van der Waals surface area contributed by atoms with Crippen LogP contribution >= 0.6 is 0 Å². The number of hydrogen-bond donors (Lipinski definition) is 0. The lowest BCUT2D eigenvalue weighted by molar-refractivity contribution is -0.156. The second-order valence-electron chi connectivity index (χ2n) is 6.76. The van der Waals surface area contributed by atoms with Crippen molar-refractivity contribution in [1.29, 1.82) is 5.26 Å². The van der Waals surface area contributed by atoms with E-state index in [2.05, 4.69) is 6.07 Å². The van der Waals surface area contributed by atoms with Crippen LogP contribution in [0, 0.1) is 11.3 Å². The molecule has 0 aromatic heterocycles. The van der Waals surface area contributed by atoms with Crippen molar-refractivity contribution >= 4 is 12.1 Å². The Kier molecular flexibility index (Phi) is 2.76. The van der Waals surface area contributed by atoms with E-state index in [0.29, 0.717) is 6.42 Å². The van der Waals surface area contributed by atoms with Crippen molar-refractivity contribution in [2.24, 2.45) is 0 Å².